The van der Waals surface area contributed by atoms with Gasteiger partial charge in [-0.2, -0.15) is 0 Å². The monoisotopic (exact) mass is 210 g/mol. The van der Waals surface area contributed by atoms with Crippen molar-refractivity contribution in [1.29, 1.82) is 0 Å². The van der Waals surface area contributed by atoms with Crippen molar-refractivity contribution in [3.8, 4) is 0 Å². The van der Waals surface area contributed by atoms with Gasteiger partial charge in [-0.15, -0.1) is 0 Å². The minimum absolute atomic E-state index is 0.715. The van der Waals surface area contributed by atoms with Crippen molar-refractivity contribution in [3.05, 3.63) is 0 Å². The molecule has 0 saturated carbocycles. The summed E-state index contributed by atoms with van der Waals surface area (Å²) in [5.74, 6) is 1.08. The summed E-state index contributed by atoms with van der Waals surface area (Å²) in [6.07, 6.45) is 2.68. The number of nitrogens with zero attached hydrogens (tertiary/aromatic N) is 3. The Morgan fingerprint density at radius 2 is 2.33 bits per heavy atom. The Hall–Kier alpha value is -0.770. The standard InChI is InChI=1S/C11H22N4/c1-3-15-7-4-5-10(15)9-13-11-12-6-8-14(11)2/h10H,3-9H2,1-2H3,(H,12,13). The van der Waals surface area contributed by atoms with Crippen LogP contribution in [-0.2, 0) is 0 Å². The smallest absolute Gasteiger partial charge is 0.193 e. The molecule has 0 aromatic carbocycles. The number of guanidine groups is 1. The number of rotatable bonds is 3. The maximum Gasteiger partial charge on any atom is 0.193 e. The second-order valence-electron chi connectivity index (χ2n) is 4.43. The average Bonchev–Trinajstić information content (AvgIpc) is 2.83. The normalized spacial score (nSPS) is 27.2. The second kappa shape index (κ2) is 4.84. The van der Waals surface area contributed by atoms with Gasteiger partial charge in [0.15, 0.2) is 5.96 Å². The third kappa shape index (κ3) is 2.43. The summed E-state index contributed by atoms with van der Waals surface area (Å²) in [5.41, 5.74) is 0. The molecule has 1 fully saturated rings. The Morgan fingerprint density at radius 3 is 3.00 bits per heavy atom. The van der Waals surface area contributed by atoms with Crippen LogP contribution in [0.2, 0.25) is 0 Å². The van der Waals surface area contributed by atoms with Crippen molar-refractivity contribution in [2.24, 2.45) is 4.99 Å². The number of aliphatic imine (C=N–C) groups is 1. The highest BCUT2D eigenvalue weighted by atomic mass is 15.3. The first-order valence-corrected chi connectivity index (χ1v) is 6.04. The Kier molecular flexibility index (Phi) is 3.46. The van der Waals surface area contributed by atoms with Crippen molar-refractivity contribution in [1.82, 2.24) is 15.1 Å². The highest BCUT2D eigenvalue weighted by molar-refractivity contribution is 5.81. The van der Waals surface area contributed by atoms with Gasteiger partial charge in [0.2, 0.25) is 0 Å². The van der Waals surface area contributed by atoms with Crippen molar-refractivity contribution >= 4 is 5.96 Å². The number of hydrogen-bond acceptors (Lipinski definition) is 4. The summed E-state index contributed by atoms with van der Waals surface area (Å²) < 4.78 is 0. The fraction of sp³-hybridized carbons (Fsp3) is 0.909. The molecule has 0 spiro atoms. The Morgan fingerprint density at radius 1 is 1.47 bits per heavy atom. The zero-order valence-electron chi connectivity index (χ0n) is 9.87. The molecule has 86 valence electrons. The van der Waals surface area contributed by atoms with E-state index in [9.17, 15) is 0 Å². The molecule has 2 heterocycles. The summed E-state index contributed by atoms with van der Waals surface area (Å²) >= 11 is 0. The zero-order chi connectivity index (χ0) is 10.7. The first kappa shape index (κ1) is 10.7. The van der Waals surface area contributed by atoms with Gasteiger partial charge < -0.3 is 10.2 Å². The Balaban J connectivity index is 1.77. The first-order valence-electron chi connectivity index (χ1n) is 6.04. The van der Waals surface area contributed by atoms with Crippen LogP contribution in [0.4, 0.5) is 0 Å². The molecule has 15 heavy (non-hydrogen) atoms. The predicted molar refractivity (Wildman–Crippen MR) is 63.2 cm³/mol. The molecule has 0 bridgehead atoms. The summed E-state index contributed by atoms with van der Waals surface area (Å²) in [4.78, 5) is 9.20. The van der Waals surface area contributed by atoms with Crippen LogP contribution < -0.4 is 5.32 Å². The highest BCUT2D eigenvalue weighted by Crippen LogP contribution is 2.15. The van der Waals surface area contributed by atoms with Gasteiger partial charge in [-0.25, -0.2) is 0 Å². The first-order chi connectivity index (χ1) is 7.31. The van der Waals surface area contributed by atoms with Gasteiger partial charge in [0.25, 0.3) is 0 Å². The minimum Gasteiger partial charge on any atom is -0.355 e. The summed E-state index contributed by atoms with van der Waals surface area (Å²) in [7, 11) is 2.10. The van der Waals surface area contributed by atoms with E-state index in [1.165, 1.54) is 25.9 Å². The van der Waals surface area contributed by atoms with Gasteiger partial charge >= 0.3 is 0 Å². The van der Waals surface area contributed by atoms with E-state index in [1.807, 2.05) is 0 Å². The number of hydrogen-bond donors (Lipinski definition) is 1. The molecule has 1 unspecified atom stereocenters. The third-order valence-corrected chi connectivity index (χ3v) is 3.46. The highest BCUT2D eigenvalue weighted by Gasteiger charge is 2.23. The molecule has 0 aromatic heterocycles. The lowest BCUT2D eigenvalue weighted by atomic mass is 10.2. The molecule has 2 rings (SSSR count). The topological polar surface area (TPSA) is 30.9 Å². The predicted octanol–water partition coefficient (Wildman–Crippen LogP) is 0.362. The van der Waals surface area contributed by atoms with Crippen molar-refractivity contribution < 1.29 is 0 Å². The molecule has 2 aliphatic rings. The quantitative estimate of drug-likeness (QED) is 0.730. The van der Waals surface area contributed by atoms with Crippen LogP contribution >= 0.6 is 0 Å². The van der Waals surface area contributed by atoms with Gasteiger partial charge in [-0.3, -0.25) is 9.89 Å². The van der Waals surface area contributed by atoms with Crippen LogP contribution in [0.25, 0.3) is 0 Å². The van der Waals surface area contributed by atoms with Gasteiger partial charge in [0, 0.05) is 26.2 Å². The minimum atomic E-state index is 0.715. The molecular formula is C11H22N4. The van der Waals surface area contributed by atoms with Gasteiger partial charge in [-0.05, 0) is 25.9 Å². The maximum atomic E-state index is 4.44. The van der Waals surface area contributed by atoms with Gasteiger partial charge in [0.05, 0.1) is 6.54 Å². The molecule has 1 N–H and O–H groups in total. The van der Waals surface area contributed by atoms with E-state index in [0.717, 1.165) is 25.6 Å². The molecule has 0 aromatic rings. The van der Waals surface area contributed by atoms with E-state index in [0.29, 0.717) is 6.04 Å². The fourth-order valence-electron chi connectivity index (χ4n) is 2.48. The molecule has 0 aliphatic carbocycles. The SMILES string of the molecule is CCN1CCCC1CNC1=NCCN1C. The molecular weight excluding hydrogens is 188 g/mol. The van der Waals surface area contributed by atoms with E-state index >= 15 is 0 Å². The summed E-state index contributed by atoms with van der Waals surface area (Å²) in [5, 5.41) is 3.47. The molecule has 1 atom stereocenters. The van der Waals surface area contributed by atoms with E-state index in [-0.39, 0.29) is 0 Å². The number of likely N-dealkylation sites (N-methyl/N-ethyl adjacent to an activating group) is 2. The summed E-state index contributed by atoms with van der Waals surface area (Å²) in [6, 6.07) is 0.715. The van der Waals surface area contributed by atoms with E-state index < -0.39 is 0 Å². The molecule has 0 radical (unpaired) electrons. The lowest BCUT2D eigenvalue weighted by molar-refractivity contribution is 0.266. The number of likely N-dealkylation sites (tertiary alicyclic amines) is 1. The molecule has 1 saturated heterocycles. The van der Waals surface area contributed by atoms with E-state index in [2.05, 4.69) is 34.1 Å². The lowest BCUT2D eigenvalue weighted by Gasteiger charge is -2.24. The van der Waals surface area contributed by atoms with Gasteiger partial charge in [0.1, 0.15) is 0 Å². The van der Waals surface area contributed by atoms with E-state index in [4.69, 9.17) is 0 Å². The lowest BCUT2D eigenvalue weighted by Crippen LogP contribution is -2.43. The van der Waals surface area contributed by atoms with Crippen LogP contribution in [0.3, 0.4) is 0 Å². The van der Waals surface area contributed by atoms with Crippen LogP contribution in [0.1, 0.15) is 19.8 Å². The fourth-order valence-corrected chi connectivity index (χ4v) is 2.48. The second-order valence-corrected chi connectivity index (χ2v) is 4.43. The zero-order valence-corrected chi connectivity index (χ0v) is 9.87. The van der Waals surface area contributed by atoms with Crippen LogP contribution in [0.15, 0.2) is 4.99 Å². The number of nitrogens with one attached hydrogen (secondary N) is 1. The van der Waals surface area contributed by atoms with Crippen molar-refractivity contribution in [3.63, 3.8) is 0 Å². The molecule has 4 heteroatoms. The van der Waals surface area contributed by atoms with Gasteiger partial charge in [-0.1, -0.05) is 6.92 Å². The Labute approximate surface area is 92.3 Å². The van der Waals surface area contributed by atoms with Crippen molar-refractivity contribution in [2.45, 2.75) is 25.8 Å². The average molecular weight is 210 g/mol. The third-order valence-electron chi connectivity index (χ3n) is 3.46. The largest absolute Gasteiger partial charge is 0.355 e. The van der Waals surface area contributed by atoms with Crippen LogP contribution in [0.5, 0.6) is 0 Å². The molecule has 2 aliphatic heterocycles. The maximum absolute atomic E-state index is 4.44. The molecule has 0 amide bonds. The van der Waals surface area contributed by atoms with Crippen LogP contribution in [0, 0.1) is 0 Å². The van der Waals surface area contributed by atoms with Crippen LogP contribution in [-0.4, -0.2) is 61.6 Å². The van der Waals surface area contributed by atoms with Crippen molar-refractivity contribution in [2.75, 3.05) is 39.8 Å². The Bertz CT molecular complexity index is 239. The summed E-state index contributed by atoms with van der Waals surface area (Å²) in [6.45, 7) is 7.75. The van der Waals surface area contributed by atoms with E-state index in [1.54, 1.807) is 0 Å². The molecule has 4 nitrogen and oxygen atoms in total.